The summed E-state index contributed by atoms with van der Waals surface area (Å²) in [5, 5.41) is 14.7. The first kappa shape index (κ1) is 24.2. The van der Waals surface area contributed by atoms with E-state index in [0.717, 1.165) is 70.1 Å². The molecule has 0 spiro atoms. The van der Waals surface area contributed by atoms with Gasteiger partial charge in [0.1, 0.15) is 18.4 Å². The molecule has 1 aromatic heterocycles. The molecule has 2 heterocycles. The van der Waals surface area contributed by atoms with Gasteiger partial charge in [0.05, 0.1) is 7.11 Å². The molecule has 2 aromatic rings. The zero-order chi connectivity index (χ0) is 20.3. The van der Waals surface area contributed by atoms with Gasteiger partial charge in [-0.3, -0.25) is 4.99 Å². The summed E-state index contributed by atoms with van der Waals surface area (Å²) in [4.78, 5) is 7.19. The Bertz CT molecular complexity index is 754. The average Bonchev–Trinajstić information content (AvgIpc) is 3.27. The number of benzene rings is 1. The number of unbranched alkanes of at least 4 members (excludes halogenated alkanes) is 1. The van der Waals surface area contributed by atoms with Crippen molar-refractivity contribution < 1.29 is 4.74 Å². The second kappa shape index (κ2) is 13.3. The van der Waals surface area contributed by atoms with Gasteiger partial charge in [-0.05, 0) is 44.7 Å². The third-order valence-corrected chi connectivity index (χ3v) is 5.09. The Labute approximate surface area is 196 Å². The van der Waals surface area contributed by atoms with E-state index in [2.05, 4.69) is 50.9 Å². The third-order valence-electron chi connectivity index (χ3n) is 5.09. The first-order chi connectivity index (χ1) is 14.3. The number of nitrogens with zero attached hydrogens (tertiary/aromatic N) is 5. The van der Waals surface area contributed by atoms with Crippen LogP contribution in [0.15, 0.2) is 41.9 Å². The number of methoxy groups -OCH3 is 1. The van der Waals surface area contributed by atoms with Crippen LogP contribution in [0.2, 0.25) is 0 Å². The van der Waals surface area contributed by atoms with E-state index < -0.39 is 0 Å². The van der Waals surface area contributed by atoms with Crippen molar-refractivity contribution in [3.63, 3.8) is 0 Å². The molecular weight excluding hydrogens is 493 g/mol. The summed E-state index contributed by atoms with van der Waals surface area (Å²) in [7, 11) is 1.71. The minimum absolute atomic E-state index is 0. The van der Waals surface area contributed by atoms with Gasteiger partial charge in [-0.15, -0.1) is 34.2 Å². The first-order valence-electron chi connectivity index (χ1n) is 10.5. The number of hydrogen-bond donors (Lipinski definition) is 2. The lowest BCUT2D eigenvalue weighted by Crippen LogP contribution is -2.51. The number of aromatic nitrogens is 3. The van der Waals surface area contributed by atoms with Crippen LogP contribution in [0, 0.1) is 0 Å². The Kier molecular flexibility index (Phi) is 10.7. The van der Waals surface area contributed by atoms with Gasteiger partial charge in [-0.2, -0.15) is 0 Å². The molecule has 166 valence electrons. The molecule has 0 amide bonds. The van der Waals surface area contributed by atoms with Crippen molar-refractivity contribution >= 4 is 35.6 Å². The van der Waals surface area contributed by atoms with E-state index in [0.29, 0.717) is 6.04 Å². The lowest BCUT2D eigenvalue weighted by Gasteiger charge is -2.35. The van der Waals surface area contributed by atoms with Crippen molar-refractivity contribution in [2.24, 2.45) is 4.99 Å². The van der Waals surface area contributed by atoms with Crippen LogP contribution in [0.3, 0.4) is 0 Å². The number of aryl methyl sites for hydroxylation is 1. The molecule has 1 aliphatic heterocycles. The number of aliphatic imine (C=N–C) groups is 1. The molecule has 1 aliphatic rings. The summed E-state index contributed by atoms with van der Waals surface area (Å²) in [5.41, 5.74) is 1.21. The maximum absolute atomic E-state index is 5.38. The fourth-order valence-electron chi connectivity index (χ4n) is 3.58. The van der Waals surface area contributed by atoms with Crippen LogP contribution >= 0.6 is 24.0 Å². The van der Waals surface area contributed by atoms with Gasteiger partial charge in [0.25, 0.3) is 0 Å². The van der Waals surface area contributed by atoms with Gasteiger partial charge >= 0.3 is 0 Å². The molecule has 1 aromatic carbocycles. The van der Waals surface area contributed by atoms with Crippen LogP contribution in [0.25, 0.3) is 0 Å². The quantitative estimate of drug-likeness (QED) is 0.226. The van der Waals surface area contributed by atoms with E-state index in [1.807, 2.05) is 10.6 Å². The Morgan fingerprint density at radius 2 is 2.10 bits per heavy atom. The second-order valence-corrected chi connectivity index (χ2v) is 7.30. The Hall–Kier alpha value is -2.04. The van der Waals surface area contributed by atoms with Crippen molar-refractivity contribution in [3.8, 4) is 5.75 Å². The van der Waals surface area contributed by atoms with Crippen LogP contribution < -0.4 is 20.3 Å². The average molecular weight is 527 g/mol. The second-order valence-electron chi connectivity index (χ2n) is 7.30. The molecule has 30 heavy (non-hydrogen) atoms. The van der Waals surface area contributed by atoms with Crippen LogP contribution in [-0.2, 0) is 6.54 Å². The van der Waals surface area contributed by atoms with Crippen LogP contribution in [0.4, 0.5) is 5.69 Å². The molecule has 0 bridgehead atoms. The van der Waals surface area contributed by atoms with Crippen molar-refractivity contribution in [3.05, 3.63) is 36.9 Å². The minimum atomic E-state index is 0. The van der Waals surface area contributed by atoms with Crippen LogP contribution in [-0.4, -0.2) is 60.1 Å². The molecule has 0 aliphatic carbocycles. The highest BCUT2D eigenvalue weighted by atomic mass is 127. The number of anilines is 1. The molecule has 1 saturated heterocycles. The summed E-state index contributed by atoms with van der Waals surface area (Å²) in [6.45, 7) is 6.74. The van der Waals surface area contributed by atoms with E-state index in [1.165, 1.54) is 5.69 Å². The molecule has 0 radical (unpaired) electrons. The number of guanidine groups is 1. The monoisotopic (exact) mass is 527 g/mol. The zero-order valence-corrected chi connectivity index (χ0v) is 20.3. The molecule has 9 heteroatoms. The maximum atomic E-state index is 5.38. The topological polar surface area (TPSA) is 79.6 Å². The summed E-state index contributed by atoms with van der Waals surface area (Å²) in [6, 6.07) is 8.68. The highest BCUT2D eigenvalue weighted by Crippen LogP contribution is 2.24. The molecule has 1 fully saturated rings. The summed E-state index contributed by atoms with van der Waals surface area (Å²) >= 11 is 0. The lowest BCUT2D eigenvalue weighted by atomic mass is 10.0. The lowest BCUT2D eigenvalue weighted by molar-refractivity contribution is 0.414. The summed E-state index contributed by atoms with van der Waals surface area (Å²) in [6.07, 6.45) is 7.92. The van der Waals surface area contributed by atoms with Gasteiger partial charge in [0, 0.05) is 50.5 Å². The van der Waals surface area contributed by atoms with E-state index in [4.69, 9.17) is 9.73 Å². The number of halogens is 1. The van der Waals surface area contributed by atoms with Gasteiger partial charge < -0.3 is 24.8 Å². The first-order valence-corrected chi connectivity index (χ1v) is 10.5. The standard InChI is InChI=1S/C21H33N7O.HI/c1-3-22-21(23-11-4-5-12-27-16-24-25-17-27)26-18-8-7-13-28(15-18)19-9-6-10-20(14-19)29-2;/h6,9-10,14,16-18H,3-5,7-8,11-13,15H2,1-2H3,(H2,22,23,26);1H. The summed E-state index contributed by atoms with van der Waals surface area (Å²) < 4.78 is 7.38. The van der Waals surface area contributed by atoms with Gasteiger partial charge in [-0.1, -0.05) is 6.07 Å². The molecule has 2 N–H and O–H groups in total. The van der Waals surface area contributed by atoms with Gasteiger partial charge in [-0.25, -0.2) is 0 Å². The van der Waals surface area contributed by atoms with Crippen molar-refractivity contribution in [1.29, 1.82) is 0 Å². The van der Waals surface area contributed by atoms with E-state index in [1.54, 1.807) is 19.8 Å². The number of rotatable bonds is 9. The number of ether oxygens (including phenoxy) is 1. The predicted octanol–water partition coefficient (Wildman–Crippen LogP) is 2.91. The molecule has 0 saturated carbocycles. The smallest absolute Gasteiger partial charge is 0.191 e. The predicted molar refractivity (Wildman–Crippen MR) is 132 cm³/mol. The molecule has 8 nitrogen and oxygen atoms in total. The van der Waals surface area contributed by atoms with Crippen molar-refractivity contribution in [2.45, 2.75) is 45.2 Å². The third kappa shape index (κ3) is 7.66. The minimum Gasteiger partial charge on any atom is -0.497 e. The zero-order valence-electron chi connectivity index (χ0n) is 18.0. The number of nitrogens with one attached hydrogen (secondary N) is 2. The van der Waals surface area contributed by atoms with Crippen LogP contribution in [0.5, 0.6) is 5.75 Å². The van der Waals surface area contributed by atoms with Gasteiger partial charge in [0.15, 0.2) is 5.96 Å². The Morgan fingerprint density at radius 1 is 1.27 bits per heavy atom. The van der Waals surface area contributed by atoms with Gasteiger partial charge in [0.2, 0.25) is 0 Å². The van der Waals surface area contributed by atoms with Crippen molar-refractivity contribution in [2.75, 3.05) is 38.2 Å². The normalized spacial score (nSPS) is 16.7. The largest absolute Gasteiger partial charge is 0.497 e. The Balaban J connectivity index is 0.00000320. The Morgan fingerprint density at radius 3 is 2.87 bits per heavy atom. The molecule has 3 rings (SSSR count). The van der Waals surface area contributed by atoms with E-state index >= 15 is 0 Å². The highest BCUT2D eigenvalue weighted by molar-refractivity contribution is 14.0. The molecule has 1 atom stereocenters. The number of hydrogen-bond acceptors (Lipinski definition) is 5. The molecule has 1 unspecified atom stereocenters. The number of piperidine rings is 1. The van der Waals surface area contributed by atoms with E-state index in [-0.39, 0.29) is 24.0 Å². The molecular formula is C21H34IN7O. The van der Waals surface area contributed by atoms with Crippen LogP contribution in [0.1, 0.15) is 32.6 Å². The highest BCUT2D eigenvalue weighted by Gasteiger charge is 2.21. The maximum Gasteiger partial charge on any atom is 0.191 e. The fraction of sp³-hybridized carbons (Fsp3) is 0.571. The summed E-state index contributed by atoms with van der Waals surface area (Å²) in [5.74, 6) is 1.81. The SMILES string of the molecule is CCNC(=NCCCCn1cnnc1)NC1CCCN(c2cccc(OC)c2)C1.I. The van der Waals surface area contributed by atoms with E-state index in [9.17, 15) is 0 Å². The van der Waals surface area contributed by atoms with Crippen molar-refractivity contribution in [1.82, 2.24) is 25.4 Å². The fourth-order valence-corrected chi connectivity index (χ4v) is 3.58.